The molecule has 0 radical (unpaired) electrons. The molecule has 1 amide bonds. The maximum absolute atomic E-state index is 12.6. The second kappa shape index (κ2) is 7.21. The number of carbonyl (C=O) groups excluding carboxylic acids is 1. The third-order valence-electron chi connectivity index (χ3n) is 5.75. The lowest BCUT2D eigenvalue weighted by molar-refractivity contribution is -0.132. The number of nitrogens with zero attached hydrogens (tertiary/aromatic N) is 3. The summed E-state index contributed by atoms with van der Waals surface area (Å²) in [4.78, 5) is 19.2. The summed E-state index contributed by atoms with van der Waals surface area (Å²) in [5, 5.41) is 7.57. The van der Waals surface area contributed by atoms with Gasteiger partial charge in [-0.25, -0.2) is 0 Å². The molecule has 24 heavy (non-hydrogen) atoms. The Bertz CT molecular complexity index is 563. The molecule has 6 nitrogen and oxygen atoms in total. The molecule has 3 heterocycles. The Morgan fingerprint density at radius 1 is 1.17 bits per heavy atom. The highest BCUT2D eigenvalue weighted by Gasteiger charge is 2.33. The van der Waals surface area contributed by atoms with E-state index >= 15 is 0 Å². The maximum Gasteiger partial charge on any atom is 0.229 e. The number of piperidine rings is 2. The van der Waals surface area contributed by atoms with E-state index < -0.39 is 0 Å². The zero-order chi connectivity index (χ0) is 16.4. The van der Waals surface area contributed by atoms with Gasteiger partial charge in [-0.3, -0.25) is 4.79 Å². The van der Waals surface area contributed by atoms with Gasteiger partial charge in [0.1, 0.15) is 0 Å². The molecule has 1 aromatic heterocycles. The molecule has 0 bridgehead atoms. The zero-order valence-corrected chi connectivity index (χ0v) is 14.4. The average Bonchev–Trinajstić information content (AvgIpc) is 3.37. The molecule has 0 spiro atoms. The molecule has 1 aromatic rings. The van der Waals surface area contributed by atoms with Gasteiger partial charge in [-0.15, -0.1) is 0 Å². The summed E-state index contributed by atoms with van der Waals surface area (Å²) in [7, 11) is 0. The molecular formula is C18H28N4O2. The Hall–Kier alpha value is -1.43. The highest BCUT2D eigenvalue weighted by Crippen LogP contribution is 2.39. The lowest BCUT2D eigenvalue weighted by Crippen LogP contribution is -2.39. The second-order valence-corrected chi connectivity index (χ2v) is 7.68. The van der Waals surface area contributed by atoms with Crippen molar-refractivity contribution in [2.45, 2.75) is 63.2 Å². The van der Waals surface area contributed by atoms with Crippen LogP contribution in [0.5, 0.6) is 0 Å². The molecule has 1 saturated carbocycles. The van der Waals surface area contributed by atoms with Gasteiger partial charge in [0.2, 0.25) is 11.8 Å². The van der Waals surface area contributed by atoms with Crippen molar-refractivity contribution in [3.63, 3.8) is 0 Å². The fourth-order valence-electron chi connectivity index (χ4n) is 3.98. The molecule has 2 saturated heterocycles. The smallest absolute Gasteiger partial charge is 0.229 e. The summed E-state index contributed by atoms with van der Waals surface area (Å²) in [5.41, 5.74) is 0. The van der Waals surface area contributed by atoms with Crippen LogP contribution >= 0.6 is 0 Å². The molecule has 132 valence electrons. The summed E-state index contributed by atoms with van der Waals surface area (Å²) in [6.45, 7) is 3.85. The Kier molecular flexibility index (Phi) is 4.83. The Labute approximate surface area is 143 Å². The van der Waals surface area contributed by atoms with Gasteiger partial charge in [-0.2, -0.15) is 4.98 Å². The van der Waals surface area contributed by atoms with Crippen LogP contribution in [-0.4, -0.2) is 47.1 Å². The number of nitrogens with one attached hydrogen (secondary N) is 1. The Morgan fingerprint density at radius 2 is 2.00 bits per heavy atom. The van der Waals surface area contributed by atoms with E-state index in [-0.39, 0.29) is 5.92 Å². The Morgan fingerprint density at radius 3 is 2.79 bits per heavy atom. The van der Waals surface area contributed by atoms with Crippen molar-refractivity contribution in [2.24, 2.45) is 5.92 Å². The van der Waals surface area contributed by atoms with Crippen molar-refractivity contribution in [3.8, 4) is 0 Å². The van der Waals surface area contributed by atoms with Crippen LogP contribution in [0.15, 0.2) is 4.52 Å². The van der Waals surface area contributed by atoms with Crippen molar-refractivity contribution in [1.29, 1.82) is 0 Å². The molecule has 4 rings (SSSR count). The van der Waals surface area contributed by atoms with Gasteiger partial charge in [0.15, 0.2) is 5.82 Å². The van der Waals surface area contributed by atoms with E-state index in [1.54, 1.807) is 0 Å². The molecule has 1 aliphatic carbocycles. The first-order valence-electron chi connectivity index (χ1n) is 9.61. The third kappa shape index (κ3) is 3.79. The molecule has 1 unspecified atom stereocenters. The van der Waals surface area contributed by atoms with Crippen LogP contribution in [0, 0.1) is 5.92 Å². The first-order chi connectivity index (χ1) is 11.8. The molecule has 0 aromatic carbocycles. The van der Waals surface area contributed by atoms with Gasteiger partial charge in [0, 0.05) is 31.3 Å². The number of hydrogen-bond donors (Lipinski definition) is 1. The van der Waals surface area contributed by atoms with Crippen LogP contribution in [0.3, 0.4) is 0 Å². The normalized spacial score (nSPS) is 25.8. The molecule has 3 aliphatic rings. The van der Waals surface area contributed by atoms with Crippen molar-refractivity contribution in [3.05, 3.63) is 11.7 Å². The second-order valence-electron chi connectivity index (χ2n) is 7.68. The number of hydrogen-bond acceptors (Lipinski definition) is 5. The minimum atomic E-state index is 0.248. The predicted octanol–water partition coefficient (Wildman–Crippen LogP) is 2.43. The lowest BCUT2D eigenvalue weighted by atomic mass is 9.92. The minimum Gasteiger partial charge on any atom is -0.342 e. The number of carbonyl (C=O) groups is 1. The summed E-state index contributed by atoms with van der Waals surface area (Å²) < 4.78 is 5.39. The Balaban J connectivity index is 1.29. The first-order valence-corrected chi connectivity index (χ1v) is 9.61. The van der Waals surface area contributed by atoms with E-state index in [4.69, 9.17) is 4.52 Å². The van der Waals surface area contributed by atoms with E-state index in [1.807, 2.05) is 4.90 Å². The predicted molar refractivity (Wildman–Crippen MR) is 89.7 cm³/mol. The number of rotatable bonds is 5. The molecule has 3 fully saturated rings. The topological polar surface area (TPSA) is 71.3 Å². The zero-order valence-electron chi connectivity index (χ0n) is 14.4. The molecule has 1 N–H and O–H groups in total. The van der Waals surface area contributed by atoms with E-state index in [0.29, 0.717) is 24.2 Å². The fourth-order valence-corrected chi connectivity index (χ4v) is 3.98. The monoisotopic (exact) mass is 332 g/mol. The van der Waals surface area contributed by atoms with Gasteiger partial charge in [-0.1, -0.05) is 5.16 Å². The first kappa shape index (κ1) is 16.1. The highest BCUT2D eigenvalue weighted by atomic mass is 16.5. The van der Waals surface area contributed by atoms with Crippen LogP contribution in [0.1, 0.15) is 74.9 Å². The molecule has 2 aliphatic heterocycles. The van der Waals surface area contributed by atoms with Crippen molar-refractivity contribution in [2.75, 3.05) is 26.2 Å². The van der Waals surface area contributed by atoms with Gasteiger partial charge < -0.3 is 14.7 Å². The highest BCUT2D eigenvalue weighted by molar-refractivity contribution is 5.76. The molecular weight excluding hydrogens is 304 g/mol. The summed E-state index contributed by atoms with van der Waals surface area (Å²) in [5.74, 6) is 3.39. The van der Waals surface area contributed by atoms with Crippen LogP contribution < -0.4 is 5.32 Å². The van der Waals surface area contributed by atoms with Crippen LogP contribution in [-0.2, 0) is 4.79 Å². The number of amides is 1. The van der Waals surface area contributed by atoms with Crippen LogP contribution in [0.2, 0.25) is 0 Å². The number of likely N-dealkylation sites (tertiary alicyclic amines) is 1. The van der Waals surface area contributed by atoms with Gasteiger partial charge in [-0.05, 0) is 64.0 Å². The van der Waals surface area contributed by atoms with E-state index in [1.165, 1.54) is 25.7 Å². The van der Waals surface area contributed by atoms with Crippen molar-refractivity contribution >= 4 is 5.91 Å². The SMILES string of the molecule is O=C(CCC1CCNCC1)N1CCCC(c2noc(C3CC3)n2)C1. The maximum atomic E-state index is 12.6. The molecule has 6 heteroatoms. The van der Waals surface area contributed by atoms with Gasteiger partial charge >= 0.3 is 0 Å². The summed E-state index contributed by atoms with van der Waals surface area (Å²) in [6.07, 6.45) is 8.60. The molecule has 1 atom stereocenters. The summed E-state index contributed by atoms with van der Waals surface area (Å²) in [6, 6.07) is 0. The largest absolute Gasteiger partial charge is 0.342 e. The lowest BCUT2D eigenvalue weighted by Gasteiger charge is -2.32. The van der Waals surface area contributed by atoms with Gasteiger partial charge in [0.05, 0.1) is 0 Å². The van der Waals surface area contributed by atoms with Crippen LogP contribution in [0.4, 0.5) is 0 Å². The standard InChI is InChI=1S/C18H28N4O2/c23-16(6-3-13-7-9-19-10-8-13)22-11-1-2-15(12-22)17-20-18(24-21-17)14-4-5-14/h13-15,19H,1-12H2. The third-order valence-corrected chi connectivity index (χ3v) is 5.75. The summed E-state index contributed by atoms with van der Waals surface area (Å²) >= 11 is 0. The van der Waals surface area contributed by atoms with Crippen molar-refractivity contribution < 1.29 is 9.32 Å². The quantitative estimate of drug-likeness (QED) is 0.897. The van der Waals surface area contributed by atoms with E-state index in [9.17, 15) is 4.79 Å². The average molecular weight is 332 g/mol. The minimum absolute atomic E-state index is 0.248. The van der Waals surface area contributed by atoms with E-state index in [0.717, 1.165) is 57.2 Å². The van der Waals surface area contributed by atoms with E-state index in [2.05, 4.69) is 15.5 Å². The number of aromatic nitrogens is 2. The van der Waals surface area contributed by atoms with Crippen molar-refractivity contribution in [1.82, 2.24) is 20.4 Å². The van der Waals surface area contributed by atoms with Crippen LogP contribution in [0.25, 0.3) is 0 Å². The van der Waals surface area contributed by atoms with Gasteiger partial charge in [0.25, 0.3) is 0 Å². The fraction of sp³-hybridized carbons (Fsp3) is 0.833.